The van der Waals surface area contributed by atoms with Gasteiger partial charge in [0.1, 0.15) is 0 Å². The van der Waals surface area contributed by atoms with Gasteiger partial charge in [-0.3, -0.25) is 4.79 Å². The quantitative estimate of drug-likeness (QED) is 0.923. The normalized spacial score (nSPS) is 11.0. The van der Waals surface area contributed by atoms with Gasteiger partial charge in [0, 0.05) is 11.8 Å². The Balaban J connectivity index is 2.30. The number of halogens is 3. The number of amides is 1. The van der Waals surface area contributed by atoms with Crippen LogP contribution < -0.4 is 5.32 Å². The largest absolute Gasteiger partial charge is 0.417 e. The van der Waals surface area contributed by atoms with Gasteiger partial charge < -0.3 is 9.84 Å². The molecule has 0 unspecified atom stereocenters. The van der Waals surface area contributed by atoms with Crippen molar-refractivity contribution >= 4 is 11.6 Å². The molecule has 1 aromatic carbocycles. The maximum atomic E-state index is 12.8. The third kappa shape index (κ3) is 3.20. The average Bonchev–Trinajstić information content (AvgIpc) is 2.84. The molecule has 0 aliphatic heterocycles. The SMILES string of the molecule is Cc1cc(C(=O)Nc2ccc(C#N)c(C(F)(F)F)c2)on1. The molecule has 21 heavy (non-hydrogen) atoms. The predicted molar refractivity (Wildman–Crippen MR) is 65.4 cm³/mol. The van der Waals surface area contributed by atoms with Crippen molar-refractivity contribution in [3.8, 4) is 6.07 Å². The molecular weight excluding hydrogens is 287 g/mol. The fraction of sp³-hybridized carbons (Fsp3) is 0.154. The van der Waals surface area contributed by atoms with E-state index in [1.807, 2.05) is 0 Å². The number of nitrogens with one attached hydrogen (secondary N) is 1. The van der Waals surface area contributed by atoms with Gasteiger partial charge in [-0.05, 0) is 25.1 Å². The molecule has 0 aliphatic rings. The van der Waals surface area contributed by atoms with Crippen molar-refractivity contribution in [1.29, 1.82) is 5.26 Å². The lowest BCUT2D eigenvalue weighted by atomic mass is 10.1. The van der Waals surface area contributed by atoms with Crippen LogP contribution in [0.15, 0.2) is 28.8 Å². The lowest BCUT2D eigenvalue weighted by Gasteiger charge is -2.11. The van der Waals surface area contributed by atoms with Gasteiger partial charge in [-0.15, -0.1) is 0 Å². The molecule has 5 nitrogen and oxygen atoms in total. The van der Waals surface area contributed by atoms with Gasteiger partial charge in [0.15, 0.2) is 0 Å². The number of hydrogen-bond donors (Lipinski definition) is 1. The van der Waals surface area contributed by atoms with Crippen LogP contribution in [-0.4, -0.2) is 11.1 Å². The van der Waals surface area contributed by atoms with Gasteiger partial charge in [-0.25, -0.2) is 0 Å². The molecule has 0 aliphatic carbocycles. The first-order chi connectivity index (χ1) is 9.81. The van der Waals surface area contributed by atoms with Gasteiger partial charge in [0.2, 0.25) is 5.76 Å². The average molecular weight is 295 g/mol. The standard InChI is InChI=1S/C13H8F3N3O2/c1-7-4-11(21-19-7)12(20)18-9-3-2-8(6-17)10(5-9)13(14,15)16/h2-5H,1H3,(H,18,20). The summed E-state index contributed by atoms with van der Waals surface area (Å²) < 4.78 is 43.1. The van der Waals surface area contributed by atoms with Crippen LogP contribution in [0, 0.1) is 18.3 Å². The van der Waals surface area contributed by atoms with Crippen LogP contribution in [-0.2, 0) is 6.18 Å². The van der Waals surface area contributed by atoms with Crippen molar-refractivity contribution in [3.63, 3.8) is 0 Å². The lowest BCUT2D eigenvalue weighted by molar-refractivity contribution is -0.137. The van der Waals surface area contributed by atoms with Gasteiger partial charge >= 0.3 is 6.18 Å². The van der Waals surface area contributed by atoms with E-state index in [1.165, 1.54) is 18.2 Å². The third-order valence-electron chi connectivity index (χ3n) is 2.56. The Kier molecular flexibility index (Phi) is 3.67. The minimum Gasteiger partial charge on any atom is -0.351 e. The minimum atomic E-state index is -4.69. The molecule has 0 saturated heterocycles. The van der Waals surface area contributed by atoms with Gasteiger partial charge in [0.05, 0.1) is 22.9 Å². The Morgan fingerprint density at radius 2 is 2.10 bits per heavy atom. The van der Waals surface area contributed by atoms with Gasteiger partial charge in [-0.1, -0.05) is 5.16 Å². The molecule has 2 rings (SSSR count). The highest BCUT2D eigenvalue weighted by molar-refractivity contribution is 6.02. The molecular formula is C13H8F3N3O2. The van der Waals surface area contributed by atoms with E-state index in [0.717, 1.165) is 6.07 Å². The number of carbonyl (C=O) groups is 1. The zero-order chi connectivity index (χ0) is 15.6. The van der Waals surface area contributed by atoms with Crippen LogP contribution in [0.5, 0.6) is 0 Å². The number of benzene rings is 1. The Labute approximate surface area is 117 Å². The summed E-state index contributed by atoms with van der Waals surface area (Å²) in [5.41, 5.74) is -1.26. The predicted octanol–water partition coefficient (Wildman–Crippen LogP) is 3.13. The first-order valence-corrected chi connectivity index (χ1v) is 5.67. The van der Waals surface area contributed by atoms with Crippen LogP contribution in [0.4, 0.5) is 18.9 Å². The molecule has 1 amide bonds. The molecule has 8 heteroatoms. The molecule has 108 valence electrons. The van der Waals surface area contributed by atoms with Crippen LogP contribution in [0.2, 0.25) is 0 Å². The Morgan fingerprint density at radius 3 is 2.62 bits per heavy atom. The van der Waals surface area contributed by atoms with E-state index in [-0.39, 0.29) is 11.4 Å². The molecule has 0 bridgehead atoms. The zero-order valence-corrected chi connectivity index (χ0v) is 10.7. The fourth-order valence-electron chi connectivity index (χ4n) is 1.62. The highest BCUT2D eigenvalue weighted by atomic mass is 19.4. The van der Waals surface area contributed by atoms with E-state index in [4.69, 9.17) is 9.78 Å². The maximum Gasteiger partial charge on any atom is 0.417 e. The van der Waals surface area contributed by atoms with E-state index < -0.39 is 23.2 Å². The second-order valence-electron chi connectivity index (χ2n) is 4.16. The summed E-state index contributed by atoms with van der Waals surface area (Å²) in [5, 5.41) is 14.4. The van der Waals surface area contributed by atoms with Crippen LogP contribution in [0.1, 0.15) is 27.4 Å². The Morgan fingerprint density at radius 1 is 1.38 bits per heavy atom. The van der Waals surface area contributed by atoms with Crippen molar-refractivity contribution in [3.05, 3.63) is 46.8 Å². The van der Waals surface area contributed by atoms with Crippen LogP contribution >= 0.6 is 0 Å². The molecule has 1 aromatic heterocycles. The summed E-state index contributed by atoms with van der Waals surface area (Å²) in [5.74, 6) is -0.848. The Hall–Kier alpha value is -2.82. The smallest absolute Gasteiger partial charge is 0.351 e. The molecule has 0 saturated carbocycles. The van der Waals surface area contributed by atoms with E-state index in [1.54, 1.807) is 6.92 Å². The first kappa shape index (κ1) is 14.6. The van der Waals surface area contributed by atoms with Crippen LogP contribution in [0.3, 0.4) is 0 Å². The number of nitrogens with zero attached hydrogens (tertiary/aromatic N) is 2. The molecule has 0 atom stereocenters. The third-order valence-corrected chi connectivity index (χ3v) is 2.56. The first-order valence-electron chi connectivity index (χ1n) is 5.67. The zero-order valence-electron chi connectivity index (χ0n) is 10.7. The highest BCUT2D eigenvalue weighted by Gasteiger charge is 2.34. The molecule has 2 aromatic rings. The van der Waals surface area contributed by atoms with E-state index in [2.05, 4.69) is 10.5 Å². The second-order valence-corrected chi connectivity index (χ2v) is 4.16. The number of anilines is 1. The maximum absolute atomic E-state index is 12.8. The summed E-state index contributed by atoms with van der Waals surface area (Å²) in [6.45, 7) is 1.60. The summed E-state index contributed by atoms with van der Waals surface area (Å²) in [4.78, 5) is 11.8. The minimum absolute atomic E-state index is 0.0969. The number of nitriles is 1. The van der Waals surface area contributed by atoms with Crippen molar-refractivity contribution in [2.45, 2.75) is 13.1 Å². The monoisotopic (exact) mass is 295 g/mol. The van der Waals surface area contributed by atoms with Crippen molar-refractivity contribution < 1.29 is 22.5 Å². The number of carbonyl (C=O) groups excluding carboxylic acids is 1. The lowest BCUT2D eigenvalue weighted by Crippen LogP contribution is -2.13. The highest BCUT2D eigenvalue weighted by Crippen LogP contribution is 2.33. The van der Waals surface area contributed by atoms with Gasteiger partial charge in [0.25, 0.3) is 5.91 Å². The summed E-state index contributed by atoms with van der Waals surface area (Å²) in [6.07, 6.45) is -4.69. The van der Waals surface area contributed by atoms with E-state index in [0.29, 0.717) is 11.8 Å². The van der Waals surface area contributed by atoms with Gasteiger partial charge in [-0.2, -0.15) is 18.4 Å². The molecule has 1 heterocycles. The summed E-state index contributed by atoms with van der Waals surface area (Å²) >= 11 is 0. The van der Waals surface area contributed by atoms with E-state index in [9.17, 15) is 18.0 Å². The van der Waals surface area contributed by atoms with Crippen LogP contribution in [0.25, 0.3) is 0 Å². The van der Waals surface area contributed by atoms with E-state index >= 15 is 0 Å². The number of rotatable bonds is 2. The van der Waals surface area contributed by atoms with Crippen molar-refractivity contribution in [1.82, 2.24) is 5.16 Å². The van der Waals surface area contributed by atoms with Crippen molar-refractivity contribution in [2.75, 3.05) is 5.32 Å². The number of alkyl halides is 3. The molecule has 1 N–H and O–H groups in total. The molecule has 0 fully saturated rings. The summed E-state index contributed by atoms with van der Waals surface area (Å²) in [6, 6.07) is 5.69. The number of hydrogen-bond acceptors (Lipinski definition) is 4. The molecule has 0 spiro atoms. The Bertz CT molecular complexity index is 729. The molecule has 0 radical (unpaired) electrons. The second kappa shape index (κ2) is 5.28. The summed E-state index contributed by atoms with van der Waals surface area (Å²) in [7, 11) is 0. The number of aromatic nitrogens is 1. The fourth-order valence-corrected chi connectivity index (χ4v) is 1.62. The van der Waals surface area contributed by atoms with Crippen molar-refractivity contribution in [2.24, 2.45) is 0 Å². The number of aryl methyl sites for hydroxylation is 1. The topological polar surface area (TPSA) is 78.9 Å².